The molecule has 1 fully saturated rings. The molecule has 2 N–H and O–H groups in total. The maximum Gasteiger partial charge on any atom is 0.191 e. The zero-order valence-corrected chi connectivity index (χ0v) is 12.9. The first-order valence-corrected chi connectivity index (χ1v) is 7.70. The van der Waals surface area contributed by atoms with Gasteiger partial charge in [-0.2, -0.15) is 0 Å². The van der Waals surface area contributed by atoms with Crippen molar-refractivity contribution in [2.24, 2.45) is 10.9 Å². The molecule has 0 heterocycles. The van der Waals surface area contributed by atoms with Crippen LogP contribution < -0.4 is 10.6 Å². The molecule has 0 bridgehead atoms. The second-order valence-electron chi connectivity index (χ2n) is 5.95. The van der Waals surface area contributed by atoms with Gasteiger partial charge in [0.05, 0.1) is 0 Å². The monoisotopic (exact) mass is 273 g/mol. The average molecular weight is 273 g/mol. The molecule has 0 unspecified atom stereocenters. The number of nitrogens with zero attached hydrogens (tertiary/aromatic N) is 1. The highest BCUT2D eigenvalue weighted by Crippen LogP contribution is 2.23. The van der Waals surface area contributed by atoms with E-state index in [1.165, 1.54) is 36.8 Å². The zero-order valence-electron chi connectivity index (χ0n) is 12.9. The van der Waals surface area contributed by atoms with Gasteiger partial charge in [-0.15, -0.1) is 0 Å². The van der Waals surface area contributed by atoms with Gasteiger partial charge in [-0.25, -0.2) is 0 Å². The maximum absolute atomic E-state index is 4.34. The molecule has 1 aliphatic rings. The molecule has 0 aliphatic heterocycles. The van der Waals surface area contributed by atoms with Crippen molar-refractivity contribution in [3.8, 4) is 0 Å². The van der Waals surface area contributed by atoms with Crippen LogP contribution in [-0.4, -0.2) is 19.0 Å². The molecule has 1 aromatic carbocycles. The number of rotatable bonds is 3. The summed E-state index contributed by atoms with van der Waals surface area (Å²) in [6.07, 6.45) is 5.16. The average Bonchev–Trinajstić information content (AvgIpc) is 2.47. The van der Waals surface area contributed by atoms with Gasteiger partial charge in [-0.05, 0) is 49.7 Å². The first-order chi connectivity index (χ1) is 9.69. The van der Waals surface area contributed by atoms with Crippen molar-refractivity contribution in [3.05, 3.63) is 35.4 Å². The highest BCUT2D eigenvalue weighted by atomic mass is 15.2. The molecule has 0 aromatic heterocycles. The van der Waals surface area contributed by atoms with Gasteiger partial charge in [0, 0.05) is 19.6 Å². The van der Waals surface area contributed by atoms with E-state index in [0.29, 0.717) is 6.04 Å². The van der Waals surface area contributed by atoms with Crippen molar-refractivity contribution in [2.45, 2.75) is 52.1 Å². The minimum atomic E-state index is 0.578. The lowest BCUT2D eigenvalue weighted by molar-refractivity contribution is 0.329. The molecule has 3 heteroatoms. The van der Waals surface area contributed by atoms with E-state index in [-0.39, 0.29) is 0 Å². The van der Waals surface area contributed by atoms with E-state index in [9.17, 15) is 0 Å². The molecule has 0 radical (unpaired) electrons. The van der Waals surface area contributed by atoms with Crippen molar-refractivity contribution < 1.29 is 0 Å². The van der Waals surface area contributed by atoms with Crippen LogP contribution in [-0.2, 0) is 6.54 Å². The Balaban J connectivity index is 1.83. The second-order valence-corrected chi connectivity index (χ2v) is 5.95. The van der Waals surface area contributed by atoms with Gasteiger partial charge in [-0.1, -0.05) is 31.2 Å². The Hall–Kier alpha value is -1.51. The highest BCUT2D eigenvalue weighted by molar-refractivity contribution is 5.80. The first-order valence-electron chi connectivity index (χ1n) is 7.70. The van der Waals surface area contributed by atoms with Crippen molar-refractivity contribution in [1.29, 1.82) is 0 Å². The van der Waals surface area contributed by atoms with Gasteiger partial charge in [0.15, 0.2) is 5.96 Å². The number of aryl methyl sites for hydroxylation is 1. The third kappa shape index (κ3) is 4.26. The summed E-state index contributed by atoms with van der Waals surface area (Å²) in [6, 6.07) is 9.06. The van der Waals surface area contributed by atoms with Gasteiger partial charge in [0.2, 0.25) is 0 Å². The van der Waals surface area contributed by atoms with Crippen LogP contribution in [0.1, 0.15) is 43.7 Å². The smallest absolute Gasteiger partial charge is 0.191 e. The van der Waals surface area contributed by atoms with E-state index in [1.807, 2.05) is 7.05 Å². The van der Waals surface area contributed by atoms with E-state index in [1.54, 1.807) is 0 Å². The van der Waals surface area contributed by atoms with Crippen LogP contribution >= 0.6 is 0 Å². The molecule has 20 heavy (non-hydrogen) atoms. The molecular formula is C17H27N3. The number of benzene rings is 1. The fraction of sp³-hybridized carbons (Fsp3) is 0.588. The summed E-state index contributed by atoms with van der Waals surface area (Å²) in [5.74, 6) is 1.81. The van der Waals surface area contributed by atoms with Crippen molar-refractivity contribution in [1.82, 2.24) is 10.6 Å². The highest BCUT2D eigenvalue weighted by Gasteiger charge is 2.18. The molecular weight excluding hydrogens is 246 g/mol. The molecule has 1 aliphatic carbocycles. The summed E-state index contributed by atoms with van der Waals surface area (Å²) in [5, 5.41) is 6.98. The van der Waals surface area contributed by atoms with Gasteiger partial charge in [-0.3, -0.25) is 4.99 Å². The third-order valence-corrected chi connectivity index (χ3v) is 4.29. The van der Waals surface area contributed by atoms with Crippen LogP contribution in [0.4, 0.5) is 0 Å². The predicted molar refractivity (Wildman–Crippen MR) is 85.9 cm³/mol. The molecule has 0 atom stereocenters. The van der Waals surface area contributed by atoms with E-state index in [2.05, 4.69) is 53.7 Å². The Labute approximate surface area is 122 Å². The Morgan fingerprint density at radius 2 is 1.90 bits per heavy atom. The summed E-state index contributed by atoms with van der Waals surface area (Å²) in [4.78, 5) is 4.34. The van der Waals surface area contributed by atoms with E-state index in [4.69, 9.17) is 0 Å². The second kappa shape index (κ2) is 7.32. The minimum absolute atomic E-state index is 0.578. The predicted octanol–water partition coefficient (Wildman–Crippen LogP) is 3.24. The topological polar surface area (TPSA) is 36.4 Å². The fourth-order valence-electron chi connectivity index (χ4n) is 2.78. The molecule has 0 saturated heterocycles. The van der Waals surface area contributed by atoms with E-state index < -0.39 is 0 Å². The summed E-state index contributed by atoms with van der Waals surface area (Å²) in [7, 11) is 1.85. The number of nitrogens with one attached hydrogen (secondary N) is 2. The number of aliphatic imine (C=N–C) groups is 1. The molecule has 1 aromatic rings. The van der Waals surface area contributed by atoms with Crippen molar-refractivity contribution in [3.63, 3.8) is 0 Å². The zero-order chi connectivity index (χ0) is 14.4. The Morgan fingerprint density at radius 3 is 2.55 bits per heavy atom. The largest absolute Gasteiger partial charge is 0.354 e. The van der Waals surface area contributed by atoms with Crippen molar-refractivity contribution >= 4 is 5.96 Å². The SMILES string of the molecule is CN=C(NCc1ccccc1C)NC1CCC(C)CC1. The van der Waals surface area contributed by atoms with Crippen LogP contribution in [0, 0.1) is 12.8 Å². The maximum atomic E-state index is 4.34. The fourth-order valence-corrected chi connectivity index (χ4v) is 2.78. The van der Waals surface area contributed by atoms with Crippen LogP contribution in [0.2, 0.25) is 0 Å². The Kier molecular flexibility index (Phi) is 5.45. The number of hydrogen-bond donors (Lipinski definition) is 2. The van der Waals surface area contributed by atoms with E-state index in [0.717, 1.165) is 18.4 Å². The van der Waals surface area contributed by atoms with Crippen molar-refractivity contribution in [2.75, 3.05) is 7.05 Å². The Bertz CT molecular complexity index is 445. The van der Waals surface area contributed by atoms with Crippen LogP contribution in [0.15, 0.2) is 29.3 Å². The molecule has 0 amide bonds. The number of guanidine groups is 1. The molecule has 1 saturated carbocycles. The lowest BCUT2D eigenvalue weighted by atomic mass is 9.87. The number of hydrogen-bond acceptors (Lipinski definition) is 1. The third-order valence-electron chi connectivity index (χ3n) is 4.29. The van der Waals surface area contributed by atoms with E-state index >= 15 is 0 Å². The van der Waals surface area contributed by atoms with Gasteiger partial charge < -0.3 is 10.6 Å². The van der Waals surface area contributed by atoms with Gasteiger partial charge in [0.1, 0.15) is 0 Å². The molecule has 3 nitrogen and oxygen atoms in total. The summed E-state index contributed by atoms with van der Waals surface area (Å²) < 4.78 is 0. The Morgan fingerprint density at radius 1 is 1.20 bits per heavy atom. The minimum Gasteiger partial charge on any atom is -0.354 e. The molecule has 110 valence electrons. The molecule has 2 rings (SSSR count). The van der Waals surface area contributed by atoms with Crippen LogP contribution in [0.5, 0.6) is 0 Å². The van der Waals surface area contributed by atoms with Gasteiger partial charge in [0.25, 0.3) is 0 Å². The normalized spacial score (nSPS) is 23.4. The summed E-state index contributed by atoms with van der Waals surface area (Å²) in [5.41, 5.74) is 2.65. The quantitative estimate of drug-likeness (QED) is 0.655. The lowest BCUT2D eigenvalue weighted by Gasteiger charge is -2.28. The standard InChI is InChI=1S/C17H27N3/c1-13-8-10-16(11-9-13)20-17(18-3)19-12-15-7-5-4-6-14(15)2/h4-7,13,16H,8-12H2,1-3H3,(H2,18,19,20). The summed E-state index contributed by atoms with van der Waals surface area (Å²) >= 11 is 0. The van der Waals surface area contributed by atoms with Gasteiger partial charge >= 0.3 is 0 Å². The first kappa shape index (κ1) is 14.9. The molecule has 0 spiro atoms. The summed E-state index contributed by atoms with van der Waals surface area (Å²) in [6.45, 7) is 5.33. The van der Waals surface area contributed by atoms with Crippen LogP contribution in [0.25, 0.3) is 0 Å². The lowest BCUT2D eigenvalue weighted by Crippen LogP contribution is -2.44. The van der Waals surface area contributed by atoms with Crippen LogP contribution in [0.3, 0.4) is 0 Å².